The molecule has 2 aromatic rings. The van der Waals surface area contributed by atoms with E-state index in [4.69, 9.17) is 4.74 Å². The highest BCUT2D eigenvalue weighted by atomic mass is 16.5. The highest BCUT2D eigenvalue weighted by Crippen LogP contribution is 2.18. The van der Waals surface area contributed by atoms with Crippen LogP contribution < -0.4 is 0 Å². The Bertz CT molecular complexity index is 485. The lowest BCUT2D eigenvalue weighted by atomic mass is 10.0. The summed E-state index contributed by atoms with van der Waals surface area (Å²) in [6.07, 6.45) is 6.12. The molecule has 0 saturated carbocycles. The van der Waals surface area contributed by atoms with Crippen LogP contribution in [0.3, 0.4) is 0 Å². The molecular weight excluding hydrogens is 232 g/mol. The first-order valence-electron chi connectivity index (χ1n) is 7.46. The van der Waals surface area contributed by atoms with Crippen LogP contribution in [-0.2, 0) is 11.2 Å². The Morgan fingerprint density at radius 2 is 1.68 bits per heavy atom. The van der Waals surface area contributed by atoms with Crippen LogP contribution in [0.2, 0.25) is 0 Å². The fourth-order valence-corrected chi connectivity index (χ4v) is 2.43. The Kier molecular flexibility index (Phi) is 5.90. The maximum Gasteiger partial charge on any atom is 0.0506 e. The number of rotatable bonds is 8. The van der Waals surface area contributed by atoms with Crippen LogP contribution in [0, 0.1) is 0 Å². The first-order valence-corrected chi connectivity index (χ1v) is 7.46. The molecule has 0 saturated heterocycles. The van der Waals surface area contributed by atoms with Gasteiger partial charge in [0.1, 0.15) is 0 Å². The third-order valence-electron chi connectivity index (χ3n) is 3.54. The van der Waals surface area contributed by atoms with Crippen molar-refractivity contribution in [2.45, 2.75) is 39.0 Å². The minimum Gasteiger partial charge on any atom is -0.381 e. The minimum atomic E-state index is 0.833. The molecule has 2 aromatic carbocycles. The molecule has 1 heteroatoms. The third-order valence-corrected chi connectivity index (χ3v) is 3.54. The minimum absolute atomic E-state index is 0.833. The molecule has 0 atom stereocenters. The molecule has 0 fully saturated rings. The van der Waals surface area contributed by atoms with Crippen molar-refractivity contribution in [3.8, 4) is 0 Å². The fraction of sp³-hybridized carbons (Fsp3) is 0.444. The zero-order valence-corrected chi connectivity index (χ0v) is 11.9. The molecule has 19 heavy (non-hydrogen) atoms. The second-order valence-corrected chi connectivity index (χ2v) is 5.06. The quantitative estimate of drug-likeness (QED) is 0.605. The van der Waals surface area contributed by atoms with Crippen molar-refractivity contribution in [2.75, 3.05) is 13.2 Å². The van der Waals surface area contributed by atoms with Crippen molar-refractivity contribution in [1.82, 2.24) is 0 Å². The second kappa shape index (κ2) is 7.96. The Labute approximate surface area is 116 Å². The van der Waals surface area contributed by atoms with Crippen molar-refractivity contribution in [1.29, 1.82) is 0 Å². The molecule has 1 nitrogen and oxygen atoms in total. The summed E-state index contributed by atoms with van der Waals surface area (Å²) in [7, 11) is 0. The van der Waals surface area contributed by atoms with E-state index in [0.29, 0.717) is 0 Å². The Morgan fingerprint density at radius 1 is 0.842 bits per heavy atom. The van der Waals surface area contributed by atoms with Gasteiger partial charge >= 0.3 is 0 Å². The van der Waals surface area contributed by atoms with Gasteiger partial charge in [0.25, 0.3) is 0 Å². The molecule has 0 bridgehead atoms. The molecule has 0 aromatic heterocycles. The normalized spacial score (nSPS) is 11.0. The Balaban J connectivity index is 1.78. The molecule has 102 valence electrons. The topological polar surface area (TPSA) is 9.23 Å². The number of unbranched alkanes of at least 4 members (excludes halogenated alkanes) is 3. The molecule has 0 aliphatic heterocycles. The van der Waals surface area contributed by atoms with Crippen LogP contribution in [-0.4, -0.2) is 13.2 Å². The van der Waals surface area contributed by atoms with Gasteiger partial charge in [-0.05, 0) is 29.2 Å². The van der Waals surface area contributed by atoms with Crippen molar-refractivity contribution < 1.29 is 4.74 Å². The summed E-state index contributed by atoms with van der Waals surface area (Å²) < 4.78 is 5.73. The predicted molar refractivity (Wildman–Crippen MR) is 82.6 cm³/mol. The van der Waals surface area contributed by atoms with Gasteiger partial charge in [-0.25, -0.2) is 0 Å². The van der Waals surface area contributed by atoms with Crippen LogP contribution in [0.25, 0.3) is 10.8 Å². The van der Waals surface area contributed by atoms with Crippen LogP contribution in [0.1, 0.15) is 38.2 Å². The lowest BCUT2D eigenvalue weighted by Gasteiger charge is -2.07. The molecule has 0 aliphatic carbocycles. The summed E-state index contributed by atoms with van der Waals surface area (Å²) in [5.74, 6) is 0. The van der Waals surface area contributed by atoms with E-state index in [1.54, 1.807) is 0 Å². The zero-order chi connectivity index (χ0) is 13.3. The van der Waals surface area contributed by atoms with Crippen molar-refractivity contribution in [3.63, 3.8) is 0 Å². The summed E-state index contributed by atoms with van der Waals surface area (Å²) in [5, 5.41) is 2.68. The first kappa shape index (κ1) is 14.1. The fourth-order valence-electron chi connectivity index (χ4n) is 2.43. The highest BCUT2D eigenvalue weighted by molar-refractivity contribution is 5.85. The lowest BCUT2D eigenvalue weighted by molar-refractivity contribution is 0.133. The molecule has 0 spiro atoms. The van der Waals surface area contributed by atoms with Crippen LogP contribution >= 0.6 is 0 Å². The largest absolute Gasteiger partial charge is 0.381 e. The third kappa shape index (κ3) is 4.36. The SMILES string of the molecule is CCCCCCOCCc1cccc2ccccc12. The second-order valence-electron chi connectivity index (χ2n) is 5.06. The standard InChI is InChI=1S/C18H24O/c1-2-3-4-7-14-19-15-13-17-11-8-10-16-9-5-6-12-18(16)17/h5-6,8-12H,2-4,7,13-15H2,1H3. The summed E-state index contributed by atoms with van der Waals surface area (Å²) in [6, 6.07) is 15.1. The monoisotopic (exact) mass is 256 g/mol. The average Bonchev–Trinajstić information content (AvgIpc) is 2.46. The molecule has 0 aliphatic rings. The predicted octanol–water partition coefficient (Wildman–Crippen LogP) is 4.98. The van der Waals surface area contributed by atoms with E-state index in [-0.39, 0.29) is 0 Å². The van der Waals surface area contributed by atoms with Gasteiger partial charge < -0.3 is 4.74 Å². The van der Waals surface area contributed by atoms with E-state index in [0.717, 1.165) is 19.6 Å². The van der Waals surface area contributed by atoms with Gasteiger partial charge in [0, 0.05) is 6.61 Å². The van der Waals surface area contributed by atoms with Gasteiger partial charge in [0.2, 0.25) is 0 Å². The van der Waals surface area contributed by atoms with Gasteiger partial charge in [-0.2, -0.15) is 0 Å². The number of hydrogen-bond acceptors (Lipinski definition) is 1. The highest BCUT2D eigenvalue weighted by Gasteiger charge is 2.00. The number of benzene rings is 2. The van der Waals surface area contributed by atoms with E-state index in [9.17, 15) is 0 Å². The van der Waals surface area contributed by atoms with Crippen LogP contribution in [0.5, 0.6) is 0 Å². The maximum absolute atomic E-state index is 5.73. The van der Waals surface area contributed by atoms with E-state index in [1.165, 1.54) is 42.0 Å². The Hall–Kier alpha value is -1.34. The number of ether oxygens (including phenoxy) is 1. The van der Waals surface area contributed by atoms with Gasteiger partial charge in [-0.3, -0.25) is 0 Å². The van der Waals surface area contributed by atoms with Crippen molar-refractivity contribution >= 4 is 10.8 Å². The molecular formula is C18H24O. The molecule has 0 unspecified atom stereocenters. The van der Waals surface area contributed by atoms with E-state index >= 15 is 0 Å². The molecule has 0 amide bonds. The van der Waals surface area contributed by atoms with E-state index < -0.39 is 0 Å². The zero-order valence-electron chi connectivity index (χ0n) is 11.9. The Morgan fingerprint density at radius 3 is 2.58 bits per heavy atom. The average molecular weight is 256 g/mol. The number of fused-ring (bicyclic) bond motifs is 1. The van der Waals surface area contributed by atoms with E-state index in [1.807, 2.05) is 0 Å². The summed E-state index contributed by atoms with van der Waals surface area (Å²) in [5.41, 5.74) is 1.40. The van der Waals surface area contributed by atoms with Gasteiger partial charge in [-0.15, -0.1) is 0 Å². The first-order chi connectivity index (χ1) is 9.42. The number of hydrogen-bond donors (Lipinski definition) is 0. The van der Waals surface area contributed by atoms with Gasteiger partial charge in [-0.1, -0.05) is 68.7 Å². The molecule has 0 N–H and O–H groups in total. The van der Waals surface area contributed by atoms with Crippen molar-refractivity contribution in [2.24, 2.45) is 0 Å². The van der Waals surface area contributed by atoms with Crippen molar-refractivity contribution in [3.05, 3.63) is 48.0 Å². The van der Waals surface area contributed by atoms with Crippen LogP contribution in [0.15, 0.2) is 42.5 Å². The lowest BCUT2D eigenvalue weighted by Crippen LogP contribution is -2.00. The molecule has 0 heterocycles. The van der Waals surface area contributed by atoms with Gasteiger partial charge in [0.15, 0.2) is 0 Å². The van der Waals surface area contributed by atoms with Gasteiger partial charge in [0.05, 0.1) is 6.61 Å². The van der Waals surface area contributed by atoms with E-state index in [2.05, 4.69) is 49.4 Å². The van der Waals surface area contributed by atoms with Crippen LogP contribution in [0.4, 0.5) is 0 Å². The summed E-state index contributed by atoms with van der Waals surface area (Å²) in [4.78, 5) is 0. The summed E-state index contributed by atoms with van der Waals surface area (Å²) in [6.45, 7) is 3.98. The molecule has 0 radical (unpaired) electrons. The smallest absolute Gasteiger partial charge is 0.0506 e. The summed E-state index contributed by atoms with van der Waals surface area (Å²) >= 11 is 0. The maximum atomic E-state index is 5.73. The molecule has 2 rings (SSSR count).